The predicted molar refractivity (Wildman–Crippen MR) is 53.1 cm³/mol. The molecule has 0 saturated carbocycles. The highest BCUT2D eigenvalue weighted by atomic mass is 32.2. The second-order valence-electron chi connectivity index (χ2n) is 2.18. The zero-order valence-corrected chi connectivity index (χ0v) is 8.81. The molecule has 0 radical (unpaired) electrons. The molecule has 0 N–H and O–H groups in total. The van der Waals surface area contributed by atoms with Gasteiger partial charge in [-0.1, -0.05) is 23.5 Å². The van der Waals surface area contributed by atoms with Crippen LogP contribution in [0.15, 0.2) is 14.7 Å². The van der Waals surface area contributed by atoms with Gasteiger partial charge in [0.25, 0.3) is 0 Å². The van der Waals surface area contributed by atoms with Crippen molar-refractivity contribution in [1.29, 1.82) is 0 Å². The van der Waals surface area contributed by atoms with Crippen LogP contribution in [0, 0.1) is 0 Å². The third-order valence-electron chi connectivity index (χ3n) is 1.36. The molecule has 0 spiro atoms. The van der Waals surface area contributed by atoms with E-state index < -0.39 is 0 Å². The number of thioether (sulfide) groups is 3. The summed E-state index contributed by atoms with van der Waals surface area (Å²) in [7, 11) is 0. The molecule has 2 rings (SSSR count). The van der Waals surface area contributed by atoms with E-state index in [9.17, 15) is 0 Å². The lowest BCUT2D eigenvalue weighted by molar-refractivity contribution is 0.292. The van der Waals surface area contributed by atoms with Crippen molar-refractivity contribution in [2.24, 2.45) is 0 Å². The Morgan fingerprint density at radius 1 is 0.917 bits per heavy atom. The summed E-state index contributed by atoms with van der Waals surface area (Å²) in [4.78, 5) is 0. The first-order chi connectivity index (χ1) is 5.97. The zero-order valence-electron chi connectivity index (χ0n) is 6.36. The van der Waals surface area contributed by atoms with E-state index in [0.717, 1.165) is 21.6 Å². The van der Waals surface area contributed by atoms with Gasteiger partial charge in [0.15, 0.2) is 10.1 Å². The monoisotopic (exact) mass is 220 g/mol. The first-order valence-corrected chi connectivity index (χ1v) is 6.75. The molecule has 12 heavy (non-hydrogen) atoms. The fourth-order valence-corrected chi connectivity index (χ4v) is 3.89. The van der Waals surface area contributed by atoms with Crippen LogP contribution in [0.3, 0.4) is 0 Å². The Morgan fingerprint density at radius 2 is 1.50 bits per heavy atom. The molecule has 2 heterocycles. The molecule has 0 bridgehead atoms. The molecule has 1 aliphatic heterocycles. The van der Waals surface area contributed by atoms with Gasteiger partial charge in [-0.3, -0.25) is 0 Å². The van der Waals surface area contributed by atoms with E-state index in [1.165, 1.54) is 11.5 Å². The molecule has 1 aromatic rings. The standard InChI is InChI=1S/C6H8N2OS3/c1-3-11-5-6(8-9-7-5)12-4-2-10-1/h1-4H2. The van der Waals surface area contributed by atoms with Gasteiger partial charge in [-0.15, -0.1) is 0 Å². The molecule has 0 amide bonds. The van der Waals surface area contributed by atoms with Crippen molar-refractivity contribution in [3.05, 3.63) is 0 Å². The number of hydrogen-bond acceptors (Lipinski definition) is 6. The van der Waals surface area contributed by atoms with Crippen LogP contribution >= 0.6 is 35.3 Å². The Kier molecular flexibility index (Phi) is 3.24. The fraction of sp³-hybridized carbons (Fsp3) is 0.667. The van der Waals surface area contributed by atoms with Crippen molar-refractivity contribution >= 4 is 35.3 Å². The van der Waals surface area contributed by atoms with Gasteiger partial charge in [-0.25, -0.2) is 4.63 Å². The summed E-state index contributed by atoms with van der Waals surface area (Å²) in [6, 6.07) is 0. The highest BCUT2D eigenvalue weighted by Crippen LogP contribution is 2.30. The summed E-state index contributed by atoms with van der Waals surface area (Å²) in [5, 5.41) is 9.62. The van der Waals surface area contributed by atoms with Gasteiger partial charge in [0.1, 0.15) is 0 Å². The van der Waals surface area contributed by atoms with Crippen LogP contribution in [0.1, 0.15) is 0 Å². The number of nitrogens with zero attached hydrogens (tertiary/aromatic N) is 2. The quantitative estimate of drug-likeness (QED) is 0.666. The molecule has 1 aromatic heterocycles. The van der Waals surface area contributed by atoms with Gasteiger partial charge in [0, 0.05) is 23.0 Å². The van der Waals surface area contributed by atoms with Crippen LogP contribution < -0.4 is 0 Å². The van der Waals surface area contributed by atoms with Crippen molar-refractivity contribution in [3.8, 4) is 0 Å². The summed E-state index contributed by atoms with van der Waals surface area (Å²) >= 11 is 5.46. The minimum absolute atomic E-state index is 0.961. The smallest absolute Gasteiger partial charge is 0.175 e. The Labute approximate surface area is 83.4 Å². The number of rotatable bonds is 0. The largest absolute Gasteiger partial charge is 0.242 e. The van der Waals surface area contributed by atoms with E-state index in [2.05, 4.69) is 14.9 Å². The summed E-state index contributed by atoms with van der Waals surface area (Å²) in [6.07, 6.45) is 0. The minimum Gasteiger partial charge on any atom is -0.242 e. The van der Waals surface area contributed by atoms with E-state index in [-0.39, 0.29) is 0 Å². The van der Waals surface area contributed by atoms with Crippen molar-refractivity contribution in [3.63, 3.8) is 0 Å². The van der Waals surface area contributed by atoms with Gasteiger partial charge < -0.3 is 0 Å². The normalized spacial score (nSPS) is 19.0. The average molecular weight is 220 g/mol. The lowest BCUT2D eigenvalue weighted by Gasteiger charge is -1.93. The maximum Gasteiger partial charge on any atom is 0.175 e. The minimum atomic E-state index is 0.961. The van der Waals surface area contributed by atoms with Gasteiger partial charge in [0.05, 0.1) is 0 Å². The molecule has 66 valence electrons. The topological polar surface area (TPSA) is 38.9 Å². The Morgan fingerprint density at radius 3 is 2.08 bits per heavy atom. The molecule has 0 atom stereocenters. The molecule has 3 nitrogen and oxygen atoms in total. The van der Waals surface area contributed by atoms with Crippen molar-refractivity contribution in [2.75, 3.05) is 23.0 Å². The first kappa shape index (κ1) is 8.77. The van der Waals surface area contributed by atoms with Crippen LogP contribution in [0.2, 0.25) is 0 Å². The Bertz CT molecular complexity index is 230. The lowest BCUT2D eigenvalue weighted by atomic mass is 10.9. The predicted octanol–water partition coefficient (Wildman–Crippen LogP) is 2.00. The second-order valence-corrected chi connectivity index (χ2v) is 5.58. The summed E-state index contributed by atoms with van der Waals surface area (Å²) in [5.41, 5.74) is 0. The maximum absolute atomic E-state index is 4.67. The van der Waals surface area contributed by atoms with Crippen LogP contribution in [0.25, 0.3) is 0 Å². The molecular weight excluding hydrogens is 212 g/mol. The van der Waals surface area contributed by atoms with Crippen LogP contribution in [0.4, 0.5) is 0 Å². The number of aromatic nitrogens is 2. The second kappa shape index (κ2) is 4.43. The molecule has 0 unspecified atom stereocenters. The van der Waals surface area contributed by atoms with Crippen LogP contribution in [-0.2, 0) is 0 Å². The van der Waals surface area contributed by atoms with Gasteiger partial charge in [0.2, 0.25) is 0 Å². The maximum atomic E-state index is 4.67. The van der Waals surface area contributed by atoms with Gasteiger partial charge >= 0.3 is 0 Å². The lowest BCUT2D eigenvalue weighted by Crippen LogP contribution is -1.86. The SMILES string of the molecule is C1CSc2nonc2SCCS1. The van der Waals surface area contributed by atoms with Crippen LogP contribution in [0.5, 0.6) is 0 Å². The highest BCUT2D eigenvalue weighted by Gasteiger charge is 2.12. The number of hydrogen-bond donors (Lipinski definition) is 0. The molecule has 1 aliphatic rings. The molecule has 0 aromatic carbocycles. The van der Waals surface area contributed by atoms with Gasteiger partial charge in [-0.05, 0) is 10.3 Å². The molecular formula is C6H8N2OS3. The third-order valence-corrected chi connectivity index (χ3v) is 4.89. The summed E-state index contributed by atoms with van der Waals surface area (Å²) in [5.74, 6) is 4.59. The molecule has 0 aliphatic carbocycles. The highest BCUT2D eigenvalue weighted by molar-refractivity contribution is 8.06. The molecule has 0 saturated heterocycles. The summed E-state index contributed by atoms with van der Waals surface area (Å²) < 4.78 is 4.67. The van der Waals surface area contributed by atoms with E-state index in [0.29, 0.717) is 0 Å². The fourth-order valence-electron chi connectivity index (χ4n) is 0.845. The zero-order chi connectivity index (χ0) is 8.23. The van der Waals surface area contributed by atoms with Crippen molar-refractivity contribution in [2.45, 2.75) is 10.1 Å². The van der Waals surface area contributed by atoms with Crippen molar-refractivity contribution in [1.82, 2.24) is 10.3 Å². The Balaban J connectivity index is 2.10. The summed E-state index contributed by atoms with van der Waals surface area (Å²) in [6.45, 7) is 0. The molecule has 0 fully saturated rings. The first-order valence-electron chi connectivity index (χ1n) is 3.63. The molecule has 6 heteroatoms. The van der Waals surface area contributed by atoms with Gasteiger partial charge in [-0.2, -0.15) is 11.8 Å². The van der Waals surface area contributed by atoms with E-state index in [4.69, 9.17) is 0 Å². The van der Waals surface area contributed by atoms with E-state index in [1.54, 1.807) is 23.5 Å². The van der Waals surface area contributed by atoms with Crippen molar-refractivity contribution < 1.29 is 4.63 Å². The van der Waals surface area contributed by atoms with E-state index in [1.807, 2.05) is 11.8 Å². The Hall–Kier alpha value is 0.190. The average Bonchev–Trinajstić information content (AvgIpc) is 2.50. The van der Waals surface area contributed by atoms with E-state index >= 15 is 0 Å². The van der Waals surface area contributed by atoms with Crippen LogP contribution in [-0.4, -0.2) is 33.3 Å². The third kappa shape index (κ3) is 2.11. The number of fused-ring (bicyclic) bond motifs is 1.